The summed E-state index contributed by atoms with van der Waals surface area (Å²) in [6.07, 6.45) is 6.92. The third-order valence-electron chi connectivity index (χ3n) is 4.40. The van der Waals surface area contributed by atoms with E-state index in [1.165, 1.54) is 19.3 Å². The Balaban J connectivity index is 2.20. The Morgan fingerprint density at radius 3 is 2.50 bits per heavy atom. The summed E-state index contributed by atoms with van der Waals surface area (Å²) in [6.45, 7) is 7.45. The number of aryl methyl sites for hydroxylation is 1. The van der Waals surface area contributed by atoms with E-state index in [2.05, 4.69) is 28.6 Å². The molecule has 0 saturated heterocycles. The van der Waals surface area contributed by atoms with Crippen LogP contribution in [0.5, 0.6) is 0 Å². The second kappa shape index (κ2) is 5.39. The molecule has 1 aromatic rings. The topological polar surface area (TPSA) is 56.7 Å². The zero-order valence-electron chi connectivity index (χ0n) is 11.9. The number of nitrogens with two attached hydrogens (primary N) is 1. The molecule has 1 aliphatic carbocycles. The van der Waals surface area contributed by atoms with Gasteiger partial charge in [-0.05, 0) is 44.9 Å². The zero-order valence-corrected chi connectivity index (χ0v) is 11.9. The van der Waals surface area contributed by atoms with Crippen LogP contribution in [0.2, 0.25) is 0 Å². The molecule has 0 radical (unpaired) electrons. The summed E-state index contributed by atoms with van der Waals surface area (Å²) in [5.41, 5.74) is 6.37. The maximum absolute atomic E-state index is 6.62. The molecule has 0 bridgehead atoms. The van der Waals surface area contributed by atoms with Crippen LogP contribution in [0.3, 0.4) is 0 Å². The standard InChI is InChI=1S/C14H26N4/c1-4-10-18-11(3)16-17-13(18)14(15)8-6-12(5-2)7-9-14/h12H,4-10,15H2,1-3H3. The van der Waals surface area contributed by atoms with Crippen LogP contribution in [-0.2, 0) is 12.1 Å². The number of nitrogens with zero attached hydrogens (tertiary/aromatic N) is 3. The van der Waals surface area contributed by atoms with Gasteiger partial charge in [-0.15, -0.1) is 10.2 Å². The number of aromatic nitrogens is 3. The average Bonchev–Trinajstić information content (AvgIpc) is 2.73. The van der Waals surface area contributed by atoms with Crippen LogP contribution in [0.25, 0.3) is 0 Å². The summed E-state index contributed by atoms with van der Waals surface area (Å²) in [4.78, 5) is 0. The lowest BCUT2D eigenvalue weighted by atomic mass is 9.75. The Bertz CT molecular complexity index is 388. The van der Waals surface area contributed by atoms with E-state index in [0.717, 1.165) is 43.4 Å². The van der Waals surface area contributed by atoms with Crippen LogP contribution in [0, 0.1) is 12.8 Å². The number of hydrogen-bond donors (Lipinski definition) is 1. The van der Waals surface area contributed by atoms with Crippen molar-refractivity contribution >= 4 is 0 Å². The molecule has 102 valence electrons. The van der Waals surface area contributed by atoms with Gasteiger partial charge >= 0.3 is 0 Å². The molecule has 18 heavy (non-hydrogen) atoms. The quantitative estimate of drug-likeness (QED) is 0.894. The van der Waals surface area contributed by atoms with Gasteiger partial charge in [-0.2, -0.15) is 0 Å². The fraction of sp³-hybridized carbons (Fsp3) is 0.857. The molecule has 2 rings (SSSR count). The van der Waals surface area contributed by atoms with E-state index in [1.54, 1.807) is 0 Å². The normalized spacial score (nSPS) is 28.6. The molecule has 4 heteroatoms. The summed E-state index contributed by atoms with van der Waals surface area (Å²) >= 11 is 0. The molecule has 1 aromatic heterocycles. The summed E-state index contributed by atoms with van der Waals surface area (Å²) in [7, 11) is 0. The first-order valence-electron chi connectivity index (χ1n) is 7.30. The molecule has 0 atom stereocenters. The molecule has 2 N–H and O–H groups in total. The minimum absolute atomic E-state index is 0.248. The van der Waals surface area contributed by atoms with Crippen molar-refractivity contribution in [3.8, 4) is 0 Å². The monoisotopic (exact) mass is 250 g/mol. The largest absolute Gasteiger partial charge is 0.319 e. The Labute approximate surface area is 110 Å². The Morgan fingerprint density at radius 1 is 1.28 bits per heavy atom. The first-order chi connectivity index (χ1) is 8.60. The molecule has 0 aliphatic heterocycles. The fourth-order valence-corrected chi connectivity index (χ4v) is 3.07. The van der Waals surface area contributed by atoms with Gasteiger partial charge in [0.25, 0.3) is 0 Å². The lowest BCUT2D eigenvalue weighted by Crippen LogP contribution is -2.43. The van der Waals surface area contributed by atoms with Gasteiger partial charge in [-0.1, -0.05) is 20.3 Å². The maximum atomic E-state index is 6.62. The van der Waals surface area contributed by atoms with E-state index in [9.17, 15) is 0 Å². The van der Waals surface area contributed by atoms with Crippen LogP contribution >= 0.6 is 0 Å². The zero-order chi connectivity index (χ0) is 13.2. The number of hydrogen-bond acceptors (Lipinski definition) is 3. The lowest BCUT2D eigenvalue weighted by molar-refractivity contribution is 0.216. The third-order valence-corrected chi connectivity index (χ3v) is 4.40. The minimum atomic E-state index is -0.248. The highest BCUT2D eigenvalue weighted by atomic mass is 15.3. The van der Waals surface area contributed by atoms with Gasteiger partial charge in [0.15, 0.2) is 5.82 Å². The molecule has 0 spiro atoms. The van der Waals surface area contributed by atoms with Crippen molar-refractivity contribution in [1.82, 2.24) is 14.8 Å². The highest BCUT2D eigenvalue weighted by Crippen LogP contribution is 2.38. The number of rotatable bonds is 4. The van der Waals surface area contributed by atoms with Gasteiger partial charge in [-0.25, -0.2) is 0 Å². The van der Waals surface area contributed by atoms with E-state index >= 15 is 0 Å². The van der Waals surface area contributed by atoms with Crippen molar-refractivity contribution < 1.29 is 0 Å². The van der Waals surface area contributed by atoms with Crippen LogP contribution in [-0.4, -0.2) is 14.8 Å². The van der Waals surface area contributed by atoms with E-state index < -0.39 is 0 Å². The van der Waals surface area contributed by atoms with Crippen LogP contribution in [0.15, 0.2) is 0 Å². The maximum Gasteiger partial charge on any atom is 0.153 e. The Kier molecular flexibility index (Phi) is 4.05. The SMILES string of the molecule is CCCn1c(C)nnc1C1(N)CCC(CC)CC1. The molecule has 0 amide bonds. The second-order valence-electron chi connectivity index (χ2n) is 5.73. The fourth-order valence-electron chi connectivity index (χ4n) is 3.07. The summed E-state index contributed by atoms with van der Waals surface area (Å²) in [6, 6.07) is 0. The van der Waals surface area contributed by atoms with Crippen LogP contribution in [0.4, 0.5) is 0 Å². The summed E-state index contributed by atoms with van der Waals surface area (Å²) < 4.78 is 2.21. The van der Waals surface area contributed by atoms with Gasteiger partial charge in [-0.3, -0.25) is 0 Å². The molecule has 0 unspecified atom stereocenters. The highest BCUT2D eigenvalue weighted by molar-refractivity contribution is 5.09. The molecule has 1 fully saturated rings. The van der Waals surface area contributed by atoms with Gasteiger partial charge < -0.3 is 10.3 Å². The average molecular weight is 250 g/mol. The van der Waals surface area contributed by atoms with E-state index in [-0.39, 0.29) is 5.54 Å². The predicted molar refractivity (Wildman–Crippen MR) is 73.2 cm³/mol. The van der Waals surface area contributed by atoms with Crippen molar-refractivity contribution in [2.45, 2.75) is 71.4 Å². The molecule has 0 aromatic carbocycles. The molecule has 1 saturated carbocycles. The second-order valence-corrected chi connectivity index (χ2v) is 5.73. The third kappa shape index (κ3) is 2.44. The first-order valence-corrected chi connectivity index (χ1v) is 7.30. The molecule has 1 heterocycles. The summed E-state index contributed by atoms with van der Waals surface area (Å²) in [5, 5.41) is 8.60. The molecular formula is C14H26N4. The van der Waals surface area contributed by atoms with Crippen molar-refractivity contribution in [1.29, 1.82) is 0 Å². The predicted octanol–water partition coefficient (Wildman–Crippen LogP) is 2.75. The smallest absolute Gasteiger partial charge is 0.153 e. The van der Waals surface area contributed by atoms with E-state index in [1.807, 2.05) is 6.92 Å². The minimum Gasteiger partial charge on any atom is -0.319 e. The van der Waals surface area contributed by atoms with Gasteiger partial charge in [0, 0.05) is 6.54 Å². The molecule has 1 aliphatic rings. The van der Waals surface area contributed by atoms with Crippen molar-refractivity contribution in [2.24, 2.45) is 11.7 Å². The molecule has 4 nitrogen and oxygen atoms in total. The van der Waals surface area contributed by atoms with Gasteiger partial charge in [0.05, 0.1) is 5.54 Å². The summed E-state index contributed by atoms with van der Waals surface area (Å²) in [5.74, 6) is 2.86. The van der Waals surface area contributed by atoms with Crippen molar-refractivity contribution in [3.63, 3.8) is 0 Å². The highest BCUT2D eigenvalue weighted by Gasteiger charge is 2.37. The van der Waals surface area contributed by atoms with Gasteiger partial charge in [0.2, 0.25) is 0 Å². The Morgan fingerprint density at radius 2 is 1.94 bits per heavy atom. The van der Waals surface area contributed by atoms with Crippen molar-refractivity contribution in [3.05, 3.63) is 11.6 Å². The first kappa shape index (κ1) is 13.5. The van der Waals surface area contributed by atoms with Crippen LogP contribution in [0.1, 0.15) is 64.0 Å². The van der Waals surface area contributed by atoms with E-state index in [0.29, 0.717) is 0 Å². The molecular weight excluding hydrogens is 224 g/mol. The Hall–Kier alpha value is -0.900. The van der Waals surface area contributed by atoms with E-state index in [4.69, 9.17) is 5.73 Å². The van der Waals surface area contributed by atoms with Crippen LogP contribution < -0.4 is 5.73 Å². The van der Waals surface area contributed by atoms with Crippen molar-refractivity contribution in [2.75, 3.05) is 0 Å². The van der Waals surface area contributed by atoms with Gasteiger partial charge in [0.1, 0.15) is 5.82 Å². The lowest BCUT2D eigenvalue weighted by Gasteiger charge is -2.36.